The lowest BCUT2D eigenvalue weighted by atomic mass is 10.0. The van der Waals surface area contributed by atoms with Crippen molar-refractivity contribution in [1.29, 1.82) is 0 Å². The van der Waals surface area contributed by atoms with Crippen LogP contribution in [0.2, 0.25) is 5.02 Å². The Morgan fingerprint density at radius 3 is 2.79 bits per heavy atom. The van der Waals surface area contributed by atoms with Crippen molar-refractivity contribution in [2.24, 2.45) is 0 Å². The van der Waals surface area contributed by atoms with Gasteiger partial charge < -0.3 is 20.8 Å². The third-order valence-electron chi connectivity index (χ3n) is 3.78. The van der Waals surface area contributed by atoms with Gasteiger partial charge in [0.25, 0.3) is 0 Å². The van der Waals surface area contributed by atoms with Crippen LogP contribution < -0.4 is 10.6 Å². The van der Waals surface area contributed by atoms with Crippen molar-refractivity contribution < 1.29 is 27.3 Å². The number of nitrogens with one attached hydrogen (secondary N) is 2. The first-order valence-corrected chi connectivity index (χ1v) is 8.82. The molecular weight excluding hydrogens is 388 g/mol. The zero-order valence-corrected chi connectivity index (χ0v) is 15.8. The molecule has 1 atom stereocenters. The molecule has 150 valence electrons. The number of hydrogen-bond acceptors (Lipinski definition) is 4. The number of halogens is 1. The number of benzene rings is 3. The fraction of sp³-hybridized carbons (Fsp3) is 0.174. The topological polar surface area (TPSA) is 81.6 Å². The molecule has 5 nitrogen and oxygen atoms in total. The number of aromatic carboxylic acids is 1. The zero-order valence-electron chi connectivity index (χ0n) is 24.0. The zero-order chi connectivity index (χ0) is 28.6. The molecule has 4 N–H and O–H groups in total. The van der Waals surface area contributed by atoms with Gasteiger partial charge in [0.1, 0.15) is 0 Å². The summed E-state index contributed by atoms with van der Waals surface area (Å²) >= 11 is 5.89. The van der Waals surface area contributed by atoms with Crippen molar-refractivity contribution in [2.45, 2.75) is 6.08 Å². The molecule has 0 aliphatic carbocycles. The van der Waals surface area contributed by atoms with Gasteiger partial charge in [0.15, 0.2) is 0 Å². The average molecular weight is 420 g/mol. The minimum Gasteiger partial charge on any atom is -0.478 e. The SMILES string of the molecule is [2H]c1c([2H])c(NC([2H])([2H])C([2H])([2H])NC[C@]([2H])(O)c2cccc(Cl)c2)c([2H])c(-c2cccc(C(=O)O)c2)c1[2H]. The van der Waals surface area contributed by atoms with E-state index < -0.39 is 61.4 Å². The maximum absolute atomic E-state index is 11.4. The highest BCUT2D eigenvalue weighted by molar-refractivity contribution is 6.30. The second kappa shape index (κ2) is 10.1. The molecule has 0 aliphatic heterocycles. The number of carboxylic acid groups (broad SMARTS) is 1. The molecule has 0 unspecified atom stereocenters. The summed E-state index contributed by atoms with van der Waals surface area (Å²) < 4.78 is 74.3. The number of hydrogen-bond donors (Lipinski definition) is 4. The monoisotopic (exact) mass is 419 g/mol. The third kappa shape index (κ3) is 6.06. The fourth-order valence-corrected chi connectivity index (χ4v) is 2.58. The molecule has 29 heavy (non-hydrogen) atoms. The van der Waals surface area contributed by atoms with Crippen molar-refractivity contribution in [3.8, 4) is 11.1 Å². The van der Waals surface area contributed by atoms with Crippen LogP contribution in [0, 0.1) is 0 Å². The van der Waals surface area contributed by atoms with E-state index in [1.54, 1.807) is 0 Å². The van der Waals surface area contributed by atoms with Crippen molar-refractivity contribution in [3.63, 3.8) is 0 Å². The van der Waals surface area contributed by atoms with Crippen LogP contribution in [0.15, 0.2) is 72.7 Å². The van der Waals surface area contributed by atoms with Gasteiger partial charge >= 0.3 is 5.97 Å². The Hall–Kier alpha value is -2.86. The predicted molar refractivity (Wildman–Crippen MR) is 117 cm³/mol. The quantitative estimate of drug-likeness (QED) is 0.412. The second-order valence-electron chi connectivity index (χ2n) is 5.82. The predicted octanol–water partition coefficient (Wildman–Crippen LogP) is 4.44. The fourth-order valence-electron chi connectivity index (χ4n) is 2.39. The molecule has 0 aromatic heterocycles. The molecule has 0 radical (unpaired) electrons. The lowest BCUT2D eigenvalue weighted by Gasteiger charge is -2.13. The van der Waals surface area contributed by atoms with Crippen LogP contribution in [0.1, 0.15) is 34.3 Å². The minimum absolute atomic E-state index is 0.0295. The Bertz CT molecular complexity index is 1390. The van der Waals surface area contributed by atoms with Gasteiger partial charge in [-0.1, -0.05) is 48.0 Å². The van der Waals surface area contributed by atoms with Gasteiger partial charge in [-0.15, -0.1) is 0 Å². The van der Waals surface area contributed by atoms with E-state index in [2.05, 4.69) is 10.6 Å². The molecule has 6 heteroatoms. The summed E-state index contributed by atoms with van der Waals surface area (Å²) in [6.07, 6.45) is -2.39. The molecule has 0 bridgehead atoms. The van der Waals surface area contributed by atoms with Crippen molar-refractivity contribution in [2.75, 3.05) is 24.9 Å². The lowest BCUT2D eigenvalue weighted by Crippen LogP contribution is -2.26. The lowest BCUT2D eigenvalue weighted by molar-refractivity contribution is 0.0697. The van der Waals surface area contributed by atoms with Crippen LogP contribution in [0.25, 0.3) is 11.1 Å². The summed E-state index contributed by atoms with van der Waals surface area (Å²) in [7, 11) is 0. The Balaban J connectivity index is 1.97. The number of carbonyl (C=O) groups is 1. The normalized spacial score (nSPS) is 18.3. The standard InChI is InChI=1S/C23H23ClN2O3/c24-20-8-2-6-18(13-20)22(27)15-25-10-11-26-21-9-3-5-17(14-21)16-4-1-7-19(12-16)23(28)29/h1-9,12-14,22,25-27H,10-11,15H2,(H,28,29)/t22-/m0/s1/i3D,5D,9D,10D2,11D2,14D,22D. The summed E-state index contributed by atoms with van der Waals surface area (Å²) in [5.74, 6) is -1.27. The van der Waals surface area contributed by atoms with E-state index in [1.165, 1.54) is 48.5 Å². The van der Waals surface area contributed by atoms with E-state index in [-0.39, 0.29) is 27.3 Å². The van der Waals surface area contributed by atoms with Crippen LogP contribution in [0.3, 0.4) is 0 Å². The maximum atomic E-state index is 11.4. The molecular formula is C23H23ClN2O3. The summed E-state index contributed by atoms with van der Waals surface area (Å²) in [6, 6.07) is 8.30. The maximum Gasteiger partial charge on any atom is 0.335 e. The van der Waals surface area contributed by atoms with Gasteiger partial charge in [-0.25, -0.2) is 4.79 Å². The Morgan fingerprint density at radius 2 is 2.00 bits per heavy atom. The van der Waals surface area contributed by atoms with E-state index in [0.29, 0.717) is 0 Å². The van der Waals surface area contributed by atoms with Gasteiger partial charge in [0.05, 0.1) is 21.2 Å². The molecule has 0 aliphatic rings. The van der Waals surface area contributed by atoms with Gasteiger partial charge in [0, 0.05) is 33.0 Å². The summed E-state index contributed by atoms with van der Waals surface area (Å²) in [5, 5.41) is 24.3. The molecule has 0 saturated heterocycles. The number of carboxylic acids is 1. The highest BCUT2D eigenvalue weighted by atomic mass is 35.5. The highest BCUT2D eigenvalue weighted by Gasteiger charge is 2.07. The molecule has 3 aromatic rings. The highest BCUT2D eigenvalue weighted by Crippen LogP contribution is 2.23. The number of rotatable bonds is 9. The average Bonchev–Trinajstić information content (AvgIpc) is 2.84. The molecule has 0 heterocycles. The molecule has 3 rings (SSSR count). The van der Waals surface area contributed by atoms with E-state index in [4.69, 9.17) is 23.9 Å². The minimum atomic E-state index is -3.07. The van der Waals surface area contributed by atoms with E-state index in [0.717, 1.165) is 0 Å². The molecule has 0 fully saturated rings. The van der Waals surface area contributed by atoms with Crippen molar-refractivity contribution >= 4 is 23.3 Å². The second-order valence-corrected chi connectivity index (χ2v) is 6.26. The van der Waals surface area contributed by atoms with Crippen LogP contribution in [-0.2, 0) is 0 Å². The molecule has 0 amide bonds. The van der Waals surface area contributed by atoms with Crippen LogP contribution in [0.4, 0.5) is 5.69 Å². The summed E-state index contributed by atoms with van der Waals surface area (Å²) in [4.78, 5) is 11.4. The van der Waals surface area contributed by atoms with Crippen LogP contribution >= 0.6 is 11.6 Å². The van der Waals surface area contributed by atoms with E-state index in [1.807, 2.05) is 0 Å². The Labute approximate surface area is 187 Å². The van der Waals surface area contributed by atoms with Gasteiger partial charge in [-0.05, 0) is 53.0 Å². The molecule has 3 aromatic carbocycles. The Kier molecular flexibility index (Phi) is 4.16. The first kappa shape index (κ1) is 12.0. The van der Waals surface area contributed by atoms with Crippen molar-refractivity contribution in [3.05, 3.63) is 88.9 Å². The summed E-state index contributed by atoms with van der Waals surface area (Å²) in [5.41, 5.74) is -0.910. The first-order chi connectivity index (χ1) is 17.5. The van der Waals surface area contributed by atoms with Crippen LogP contribution in [0.5, 0.6) is 0 Å². The van der Waals surface area contributed by atoms with Crippen LogP contribution in [-0.4, -0.2) is 35.7 Å². The van der Waals surface area contributed by atoms with Gasteiger partial charge in [-0.2, -0.15) is 0 Å². The van der Waals surface area contributed by atoms with Gasteiger partial charge in [-0.3, -0.25) is 0 Å². The van der Waals surface area contributed by atoms with E-state index in [9.17, 15) is 15.0 Å². The Morgan fingerprint density at radius 1 is 1.17 bits per heavy atom. The number of aliphatic hydroxyl groups is 1. The van der Waals surface area contributed by atoms with Gasteiger partial charge in [0.2, 0.25) is 0 Å². The smallest absolute Gasteiger partial charge is 0.335 e. The first-order valence-electron chi connectivity index (χ1n) is 12.9. The summed E-state index contributed by atoms with van der Waals surface area (Å²) in [6.45, 7) is -6.84. The largest absolute Gasteiger partial charge is 0.478 e. The molecule has 0 saturated carbocycles. The van der Waals surface area contributed by atoms with Crippen molar-refractivity contribution in [1.82, 2.24) is 5.32 Å². The third-order valence-corrected chi connectivity index (χ3v) is 4.01. The van der Waals surface area contributed by atoms with E-state index >= 15 is 0 Å². The molecule has 0 spiro atoms. The number of anilines is 1.